The van der Waals surface area contributed by atoms with Gasteiger partial charge in [0.05, 0.1) is 5.69 Å². The van der Waals surface area contributed by atoms with E-state index in [9.17, 15) is 4.39 Å². The molecule has 1 N–H and O–H groups in total. The minimum atomic E-state index is -0.188. The zero-order valence-corrected chi connectivity index (χ0v) is 12.6. The van der Waals surface area contributed by atoms with E-state index in [0.717, 1.165) is 23.4 Å². The number of aromatic nitrogens is 2. The molecule has 4 heteroatoms. The van der Waals surface area contributed by atoms with E-state index in [-0.39, 0.29) is 11.9 Å². The first kappa shape index (κ1) is 14.7. The van der Waals surface area contributed by atoms with Crippen molar-refractivity contribution in [2.75, 3.05) is 6.54 Å². The van der Waals surface area contributed by atoms with Gasteiger partial charge in [0, 0.05) is 29.9 Å². The number of nitrogens with one attached hydrogen (secondary N) is 1. The summed E-state index contributed by atoms with van der Waals surface area (Å²) in [6.45, 7) is 9.65. The summed E-state index contributed by atoms with van der Waals surface area (Å²) in [5.74, 6) is -0.188. The molecular weight excluding hydrogens is 253 g/mol. The summed E-state index contributed by atoms with van der Waals surface area (Å²) in [4.78, 5) is 0. The van der Waals surface area contributed by atoms with Crippen LogP contribution >= 0.6 is 0 Å². The number of aryl methyl sites for hydroxylation is 1. The lowest BCUT2D eigenvalue weighted by Crippen LogP contribution is -2.11. The minimum Gasteiger partial charge on any atom is -0.313 e. The molecule has 2 aromatic rings. The van der Waals surface area contributed by atoms with Crippen molar-refractivity contribution in [1.29, 1.82) is 0 Å². The van der Waals surface area contributed by atoms with Crippen molar-refractivity contribution in [1.82, 2.24) is 15.1 Å². The first-order valence-corrected chi connectivity index (χ1v) is 7.08. The summed E-state index contributed by atoms with van der Waals surface area (Å²) in [6, 6.07) is 5.69. The van der Waals surface area contributed by atoms with Gasteiger partial charge in [0.25, 0.3) is 0 Å². The van der Waals surface area contributed by atoms with E-state index in [4.69, 9.17) is 0 Å². The van der Waals surface area contributed by atoms with Crippen molar-refractivity contribution in [3.8, 4) is 11.1 Å². The second-order valence-electron chi connectivity index (χ2n) is 5.30. The van der Waals surface area contributed by atoms with Crippen LogP contribution in [0.5, 0.6) is 0 Å². The van der Waals surface area contributed by atoms with Gasteiger partial charge in [0.1, 0.15) is 5.82 Å². The van der Waals surface area contributed by atoms with E-state index >= 15 is 0 Å². The average molecular weight is 275 g/mol. The van der Waals surface area contributed by atoms with Crippen molar-refractivity contribution in [2.45, 2.75) is 40.3 Å². The molecule has 108 valence electrons. The first-order chi connectivity index (χ1) is 9.52. The van der Waals surface area contributed by atoms with E-state index in [0.29, 0.717) is 12.1 Å². The third kappa shape index (κ3) is 3.07. The fourth-order valence-electron chi connectivity index (χ4n) is 2.17. The lowest BCUT2D eigenvalue weighted by Gasteiger charge is -2.06. The van der Waals surface area contributed by atoms with Gasteiger partial charge in [-0.2, -0.15) is 5.10 Å². The molecule has 0 bridgehead atoms. The van der Waals surface area contributed by atoms with Crippen molar-refractivity contribution in [2.24, 2.45) is 0 Å². The number of hydrogen-bond donors (Lipinski definition) is 1. The van der Waals surface area contributed by atoms with Crippen molar-refractivity contribution in [3.63, 3.8) is 0 Å². The third-order valence-electron chi connectivity index (χ3n) is 3.35. The van der Waals surface area contributed by atoms with E-state index < -0.39 is 0 Å². The van der Waals surface area contributed by atoms with E-state index in [1.165, 1.54) is 0 Å². The highest BCUT2D eigenvalue weighted by Crippen LogP contribution is 2.27. The van der Waals surface area contributed by atoms with E-state index in [1.807, 2.05) is 36.9 Å². The SMILES string of the molecule is CCNCc1ccc(-c2cn(C(C)C)nc2C)c(F)c1. The molecule has 0 fully saturated rings. The summed E-state index contributed by atoms with van der Waals surface area (Å²) < 4.78 is 16.2. The van der Waals surface area contributed by atoms with Crippen molar-refractivity contribution in [3.05, 3.63) is 41.5 Å². The maximum atomic E-state index is 14.3. The molecule has 20 heavy (non-hydrogen) atoms. The number of halogens is 1. The van der Waals surface area contributed by atoms with Crippen LogP contribution in [0.4, 0.5) is 4.39 Å². The second kappa shape index (κ2) is 6.18. The summed E-state index contributed by atoms with van der Waals surface area (Å²) in [5.41, 5.74) is 3.31. The van der Waals surface area contributed by atoms with Gasteiger partial charge < -0.3 is 5.32 Å². The Kier molecular flexibility index (Phi) is 4.55. The predicted molar refractivity (Wildman–Crippen MR) is 80.1 cm³/mol. The van der Waals surface area contributed by atoms with Gasteiger partial charge in [-0.25, -0.2) is 4.39 Å². The van der Waals surface area contributed by atoms with Gasteiger partial charge in [-0.3, -0.25) is 4.68 Å². The van der Waals surface area contributed by atoms with Crippen LogP contribution in [0, 0.1) is 12.7 Å². The standard InChI is InChI=1S/C16H22FN3/c1-5-18-9-13-6-7-14(16(17)8-13)15-10-20(11(2)3)19-12(15)4/h6-8,10-11,18H,5,9H2,1-4H3. The Hall–Kier alpha value is -1.68. The molecule has 0 unspecified atom stereocenters. The molecule has 0 aliphatic carbocycles. The van der Waals surface area contributed by atoms with Gasteiger partial charge in [0.15, 0.2) is 0 Å². The van der Waals surface area contributed by atoms with Crippen molar-refractivity contribution < 1.29 is 4.39 Å². The monoisotopic (exact) mass is 275 g/mol. The van der Waals surface area contributed by atoms with E-state index in [1.54, 1.807) is 6.07 Å². The topological polar surface area (TPSA) is 29.9 Å². The van der Waals surface area contributed by atoms with Crippen LogP contribution in [0.3, 0.4) is 0 Å². The largest absolute Gasteiger partial charge is 0.313 e. The highest BCUT2D eigenvalue weighted by molar-refractivity contribution is 5.66. The highest BCUT2D eigenvalue weighted by atomic mass is 19.1. The molecule has 2 rings (SSSR count). The van der Waals surface area contributed by atoms with Crippen molar-refractivity contribution >= 4 is 0 Å². The average Bonchev–Trinajstić information content (AvgIpc) is 2.79. The number of rotatable bonds is 5. The lowest BCUT2D eigenvalue weighted by molar-refractivity contribution is 0.529. The molecule has 0 spiro atoms. The predicted octanol–water partition coefficient (Wildman–Crippen LogP) is 3.69. The maximum Gasteiger partial charge on any atom is 0.131 e. The molecule has 0 saturated heterocycles. The Morgan fingerprint density at radius 1 is 1.30 bits per heavy atom. The smallest absolute Gasteiger partial charge is 0.131 e. The fraction of sp³-hybridized carbons (Fsp3) is 0.438. The Balaban J connectivity index is 2.33. The molecule has 0 aliphatic heterocycles. The van der Waals surface area contributed by atoms with E-state index in [2.05, 4.69) is 24.3 Å². The number of hydrogen-bond acceptors (Lipinski definition) is 2. The highest BCUT2D eigenvalue weighted by Gasteiger charge is 2.13. The zero-order valence-electron chi connectivity index (χ0n) is 12.6. The molecule has 1 aromatic carbocycles. The molecule has 0 aliphatic rings. The molecule has 0 atom stereocenters. The summed E-state index contributed by atoms with van der Waals surface area (Å²) in [7, 11) is 0. The van der Waals surface area contributed by atoms with Crippen LogP contribution in [0.15, 0.2) is 24.4 Å². The quantitative estimate of drug-likeness (QED) is 0.902. The lowest BCUT2D eigenvalue weighted by atomic mass is 10.0. The molecule has 0 radical (unpaired) electrons. The van der Waals surface area contributed by atoms with Crippen LogP contribution in [0.1, 0.15) is 38.1 Å². The molecule has 1 heterocycles. The second-order valence-corrected chi connectivity index (χ2v) is 5.30. The van der Waals surface area contributed by atoms with Crippen LogP contribution in [0.2, 0.25) is 0 Å². The Bertz CT molecular complexity index is 587. The molecule has 3 nitrogen and oxygen atoms in total. The number of nitrogens with zero attached hydrogens (tertiary/aromatic N) is 2. The molecule has 1 aromatic heterocycles. The number of benzene rings is 1. The van der Waals surface area contributed by atoms with Gasteiger partial charge in [0.2, 0.25) is 0 Å². The maximum absolute atomic E-state index is 14.3. The van der Waals surface area contributed by atoms with Gasteiger partial charge in [-0.15, -0.1) is 0 Å². The Labute approximate surface area is 119 Å². The minimum absolute atomic E-state index is 0.188. The molecular formula is C16H22FN3. The summed E-state index contributed by atoms with van der Waals surface area (Å²) in [5, 5.41) is 7.64. The molecule has 0 saturated carbocycles. The normalized spacial score (nSPS) is 11.3. The van der Waals surface area contributed by atoms with Gasteiger partial charge >= 0.3 is 0 Å². The first-order valence-electron chi connectivity index (χ1n) is 7.08. The molecule has 0 amide bonds. The van der Waals surface area contributed by atoms with Crippen LogP contribution in [-0.2, 0) is 6.54 Å². The Morgan fingerprint density at radius 3 is 2.60 bits per heavy atom. The van der Waals surface area contributed by atoms with Crippen LogP contribution in [-0.4, -0.2) is 16.3 Å². The zero-order chi connectivity index (χ0) is 14.7. The van der Waals surface area contributed by atoms with Gasteiger partial charge in [-0.05, 0) is 38.9 Å². The summed E-state index contributed by atoms with van der Waals surface area (Å²) >= 11 is 0. The van der Waals surface area contributed by atoms with Crippen LogP contribution in [0.25, 0.3) is 11.1 Å². The van der Waals surface area contributed by atoms with Crippen LogP contribution < -0.4 is 5.32 Å². The Morgan fingerprint density at radius 2 is 2.05 bits per heavy atom. The van der Waals surface area contributed by atoms with Gasteiger partial charge in [-0.1, -0.05) is 19.1 Å². The third-order valence-corrected chi connectivity index (χ3v) is 3.35. The fourth-order valence-corrected chi connectivity index (χ4v) is 2.17. The summed E-state index contributed by atoms with van der Waals surface area (Å²) in [6.07, 6.45) is 1.92.